The van der Waals surface area contributed by atoms with Crippen molar-refractivity contribution in [2.45, 2.75) is 13.5 Å². The number of aromatic nitrogens is 2. The molecule has 0 aliphatic carbocycles. The molecule has 0 spiro atoms. The van der Waals surface area contributed by atoms with Crippen LogP contribution in [0.25, 0.3) is 5.69 Å². The molecule has 23 heavy (non-hydrogen) atoms. The van der Waals surface area contributed by atoms with Gasteiger partial charge in [0.05, 0.1) is 23.9 Å². The van der Waals surface area contributed by atoms with Gasteiger partial charge in [0.2, 0.25) is 5.88 Å². The molecule has 0 radical (unpaired) electrons. The number of carbonyl (C=O) groups excluding carboxylic acids is 1. The first-order valence-electron chi connectivity index (χ1n) is 6.46. The van der Waals surface area contributed by atoms with Crippen LogP contribution in [0.5, 0.6) is 5.88 Å². The highest BCUT2D eigenvalue weighted by molar-refractivity contribution is 5.95. The molecule has 7 nitrogen and oxygen atoms in total. The van der Waals surface area contributed by atoms with Crippen molar-refractivity contribution < 1.29 is 9.90 Å². The van der Waals surface area contributed by atoms with Gasteiger partial charge in [0.15, 0.2) is 5.78 Å². The number of hydrogen-bond acceptors (Lipinski definition) is 5. The van der Waals surface area contributed by atoms with Crippen molar-refractivity contribution >= 4 is 5.78 Å². The molecule has 2 aromatic rings. The third-order valence-corrected chi connectivity index (χ3v) is 3.15. The molecule has 0 bridgehead atoms. The van der Waals surface area contributed by atoms with Gasteiger partial charge >= 0.3 is 5.69 Å². The maximum absolute atomic E-state index is 12.5. The van der Waals surface area contributed by atoms with Gasteiger partial charge in [-0.1, -0.05) is 12.0 Å². The number of aromatic hydroxyl groups is 1. The van der Waals surface area contributed by atoms with Crippen LogP contribution in [-0.2, 0) is 6.54 Å². The quantitative estimate of drug-likeness (QED) is 0.653. The summed E-state index contributed by atoms with van der Waals surface area (Å²) < 4.78 is 1.45. The predicted molar refractivity (Wildman–Crippen MR) is 81.5 cm³/mol. The molecule has 1 aromatic carbocycles. The zero-order valence-corrected chi connectivity index (χ0v) is 12.1. The van der Waals surface area contributed by atoms with Crippen molar-refractivity contribution in [3.8, 4) is 30.0 Å². The Labute approximate surface area is 130 Å². The van der Waals surface area contributed by atoms with Crippen LogP contribution in [0.15, 0.2) is 33.9 Å². The lowest BCUT2D eigenvalue weighted by atomic mass is 10.2. The van der Waals surface area contributed by atoms with Crippen LogP contribution in [0, 0.1) is 23.7 Å². The predicted octanol–water partition coefficient (Wildman–Crippen LogP) is 0.412. The van der Waals surface area contributed by atoms with Crippen LogP contribution in [0.1, 0.15) is 22.8 Å². The maximum Gasteiger partial charge on any atom is 0.339 e. The molecule has 7 heteroatoms. The van der Waals surface area contributed by atoms with Gasteiger partial charge in [-0.05, 0) is 25.1 Å². The van der Waals surface area contributed by atoms with Crippen molar-refractivity contribution in [1.82, 2.24) is 9.13 Å². The van der Waals surface area contributed by atoms with E-state index in [1.165, 1.54) is 24.3 Å². The number of nitrogens with zero attached hydrogens (tertiary/aromatic N) is 3. The summed E-state index contributed by atoms with van der Waals surface area (Å²) in [4.78, 5) is 36.6. The summed E-state index contributed by atoms with van der Waals surface area (Å²) in [6.45, 7) is 0.778. The summed E-state index contributed by atoms with van der Waals surface area (Å²) in [5.41, 5.74) is -2.07. The first kappa shape index (κ1) is 15.8. The fourth-order valence-corrected chi connectivity index (χ4v) is 2.12. The molecule has 114 valence electrons. The van der Waals surface area contributed by atoms with Crippen molar-refractivity contribution in [1.29, 1.82) is 5.26 Å². The Balaban J connectivity index is 2.97. The molecule has 0 fully saturated rings. The zero-order valence-electron chi connectivity index (χ0n) is 12.1. The second kappa shape index (κ2) is 6.04. The molecule has 0 saturated heterocycles. The van der Waals surface area contributed by atoms with Crippen LogP contribution < -0.4 is 11.2 Å². The molecule has 1 heterocycles. The van der Waals surface area contributed by atoms with Gasteiger partial charge in [-0.3, -0.25) is 14.2 Å². The number of ketones is 1. The fraction of sp³-hybridized carbons (Fsp3) is 0.125. The van der Waals surface area contributed by atoms with E-state index in [1.807, 2.05) is 6.07 Å². The van der Waals surface area contributed by atoms with E-state index >= 15 is 0 Å². The van der Waals surface area contributed by atoms with E-state index in [9.17, 15) is 19.5 Å². The molecule has 0 aliphatic rings. The van der Waals surface area contributed by atoms with Crippen LogP contribution in [0.4, 0.5) is 0 Å². The molecule has 0 unspecified atom stereocenters. The largest absolute Gasteiger partial charge is 0.494 e. The zero-order chi connectivity index (χ0) is 17.1. The molecule has 1 aromatic heterocycles. The van der Waals surface area contributed by atoms with Crippen LogP contribution in [-0.4, -0.2) is 20.0 Å². The number of rotatable bonds is 3. The molecular formula is C16H11N3O4. The minimum atomic E-state index is -0.969. The highest BCUT2D eigenvalue weighted by Gasteiger charge is 2.22. The topological polar surface area (TPSA) is 105 Å². The van der Waals surface area contributed by atoms with Crippen LogP contribution >= 0.6 is 0 Å². The SMILES string of the molecule is C#CCn1c(O)c(C(C)=O)c(=O)n(-c2cccc(C#N)c2)c1=O. The van der Waals surface area contributed by atoms with Gasteiger partial charge in [-0.25, -0.2) is 9.36 Å². The first-order valence-corrected chi connectivity index (χ1v) is 6.46. The summed E-state index contributed by atoms with van der Waals surface area (Å²) in [6.07, 6.45) is 5.16. The Hall–Kier alpha value is -3.58. The second-order valence-corrected chi connectivity index (χ2v) is 4.63. The van der Waals surface area contributed by atoms with Crippen molar-refractivity contribution in [2.75, 3.05) is 0 Å². The van der Waals surface area contributed by atoms with E-state index in [2.05, 4.69) is 5.92 Å². The molecule has 0 amide bonds. The Morgan fingerprint density at radius 1 is 1.39 bits per heavy atom. The number of Topliss-reactive ketones (excluding diaryl/α,β-unsaturated/α-hetero) is 1. The first-order chi connectivity index (χ1) is 10.9. The standard InChI is InChI=1S/C16H11N3O4/c1-3-7-18-14(21)13(10(2)20)15(22)19(16(18)23)12-6-4-5-11(8-12)9-17/h1,4-6,8,21H,7H2,2H3. The van der Waals surface area contributed by atoms with Crippen molar-refractivity contribution in [3.05, 3.63) is 56.2 Å². The number of terminal acetylenes is 1. The van der Waals surface area contributed by atoms with Gasteiger partial charge in [0.25, 0.3) is 5.56 Å². The lowest BCUT2D eigenvalue weighted by molar-refractivity contribution is 0.101. The Bertz CT molecular complexity index is 1000. The summed E-state index contributed by atoms with van der Waals surface area (Å²) in [6, 6.07) is 7.64. The Kier molecular flexibility index (Phi) is 4.15. The van der Waals surface area contributed by atoms with E-state index < -0.39 is 28.5 Å². The third-order valence-electron chi connectivity index (χ3n) is 3.15. The van der Waals surface area contributed by atoms with E-state index in [4.69, 9.17) is 11.7 Å². The van der Waals surface area contributed by atoms with Gasteiger partial charge in [0, 0.05) is 0 Å². The molecule has 0 saturated carbocycles. The van der Waals surface area contributed by atoms with Crippen molar-refractivity contribution in [2.24, 2.45) is 0 Å². The molecule has 0 atom stereocenters. The fourth-order valence-electron chi connectivity index (χ4n) is 2.12. The third kappa shape index (κ3) is 2.63. The summed E-state index contributed by atoms with van der Waals surface area (Å²) in [5, 5.41) is 18.9. The monoisotopic (exact) mass is 309 g/mol. The van der Waals surface area contributed by atoms with Crippen LogP contribution in [0.2, 0.25) is 0 Å². The summed E-state index contributed by atoms with van der Waals surface area (Å²) in [5.74, 6) is 0.706. The van der Waals surface area contributed by atoms with Crippen LogP contribution in [0.3, 0.4) is 0 Å². The van der Waals surface area contributed by atoms with Gasteiger partial charge in [-0.15, -0.1) is 6.42 Å². The molecule has 0 aliphatic heterocycles. The highest BCUT2D eigenvalue weighted by Crippen LogP contribution is 2.13. The molecule has 2 rings (SSSR count). The minimum absolute atomic E-state index is 0.104. The van der Waals surface area contributed by atoms with E-state index in [0.29, 0.717) is 4.57 Å². The van der Waals surface area contributed by atoms with Crippen molar-refractivity contribution in [3.63, 3.8) is 0 Å². The Morgan fingerprint density at radius 3 is 2.65 bits per heavy atom. The van der Waals surface area contributed by atoms with Gasteiger partial charge in [0.1, 0.15) is 5.56 Å². The maximum atomic E-state index is 12.5. The number of nitriles is 1. The highest BCUT2D eigenvalue weighted by atomic mass is 16.3. The average Bonchev–Trinajstić information content (AvgIpc) is 2.51. The smallest absolute Gasteiger partial charge is 0.339 e. The van der Waals surface area contributed by atoms with E-state index in [0.717, 1.165) is 11.5 Å². The lowest BCUT2D eigenvalue weighted by Crippen LogP contribution is -2.41. The number of benzene rings is 1. The van der Waals surface area contributed by atoms with E-state index in [1.54, 1.807) is 0 Å². The van der Waals surface area contributed by atoms with Gasteiger partial charge < -0.3 is 5.11 Å². The minimum Gasteiger partial charge on any atom is -0.494 e. The summed E-state index contributed by atoms with van der Waals surface area (Å²) in [7, 11) is 0. The number of carbonyl (C=O) groups is 1. The van der Waals surface area contributed by atoms with Gasteiger partial charge in [-0.2, -0.15) is 5.26 Å². The average molecular weight is 309 g/mol. The molecule has 1 N–H and O–H groups in total. The lowest BCUT2D eigenvalue weighted by Gasteiger charge is -2.13. The summed E-state index contributed by atoms with van der Waals surface area (Å²) >= 11 is 0. The molecular weight excluding hydrogens is 298 g/mol. The Morgan fingerprint density at radius 2 is 2.09 bits per heavy atom. The van der Waals surface area contributed by atoms with E-state index in [-0.39, 0.29) is 17.8 Å². The normalized spacial score (nSPS) is 9.87. The number of hydrogen-bond donors (Lipinski definition) is 1. The second-order valence-electron chi connectivity index (χ2n) is 4.63.